The molecule has 0 radical (unpaired) electrons. The van der Waals surface area contributed by atoms with E-state index < -0.39 is 0 Å². The lowest BCUT2D eigenvalue weighted by atomic mass is 10.0. The van der Waals surface area contributed by atoms with Crippen molar-refractivity contribution in [3.05, 3.63) is 41.1 Å². The molecule has 0 fully saturated rings. The zero-order valence-corrected chi connectivity index (χ0v) is 10.3. The van der Waals surface area contributed by atoms with E-state index in [1.165, 1.54) is 18.4 Å². The molecule has 0 aliphatic heterocycles. The van der Waals surface area contributed by atoms with Crippen LogP contribution in [-0.2, 0) is 6.42 Å². The first kappa shape index (κ1) is 11.6. The molecule has 0 bridgehead atoms. The molecule has 2 heteroatoms. The van der Waals surface area contributed by atoms with Crippen molar-refractivity contribution in [2.45, 2.75) is 33.1 Å². The number of fused-ring (bicyclic) bond motifs is 1. The van der Waals surface area contributed by atoms with Crippen LogP contribution in [-0.4, -0.2) is 4.98 Å². The molecule has 0 saturated carbocycles. The molecule has 0 saturated heterocycles. The summed E-state index contributed by atoms with van der Waals surface area (Å²) >= 11 is 0. The number of hydrogen-bond donors (Lipinski definition) is 0. The molecule has 86 valence electrons. The van der Waals surface area contributed by atoms with Gasteiger partial charge in [-0.2, -0.15) is 5.26 Å². The molecule has 0 amide bonds. The van der Waals surface area contributed by atoms with Gasteiger partial charge in [-0.05, 0) is 49.1 Å². The average molecular weight is 224 g/mol. The van der Waals surface area contributed by atoms with Gasteiger partial charge < -0.3 is 0 Å². The maximum absolute atomic E-state index is 8.88. The van der Waals surface area contributed by atoms with E-state index in [9.17, 15) is 0 Å². The summed E-state index contributed by atoms with van der Waals surface area (Å²) in [6.07, 6.45) is 3.54. The first-order valence-corrected chi connectivity index (χ1v) is 6.05. The normalized spacial score (nSPS) is 10.4. The van der Waals surface area contributed by atoms with E-state index in [0.717, 1.165) is 22.9 Å². The molecule has 2 rings (SSSR count). The SMILES string of the molecule is CCCCc1ccc2nc(C#N)cc(C)c2c1. The monoisotopic (exact) mass is 224 g/mol. The highest BCUT2D eigenvalue weighted by atomic mass is 14.7. The molecule has 17 heavy (non-hydrogen) atoms. The van der Waals surface area contributed by atoms with E-state index >= 15 is 0 Å². The highest BCUT2D eigenvalue weighted by Crippen LogP contribution is 2.20. The third-order valence-electron chi connectivity index (χ3n) is 3.01. The number of rotatable bonds is 3. The van der Waals surface area contributed by atoms with Crippen molar-refractivity contribution in [2.75, 3.05) is 0 Å². The topological polar surface area (TPSA) is 36.7 Å². The van der Waals surface area contributed by atoms with Crippen molar-refractivity contribution in [2.24, 2.45) is 0 Å². The van der Waals surface area contributed by atoms with Crippen LogP contribution in [0.4, 0.5) is 0 Å². The van der Waals surface area contributed by atoms with E-state index in [1.807, 2.05) is 19.1 Å². The van der Waals surface area contributed by atoms with Gasteiger partial charge >= 0.3 is 0 Å². The number of aromatic nitrogens is 1. The third kappa shape index (κ3) is 2.45. The fourth-order valence-electron chi connectivity index (χ4n) is 2.04. The van der Waals surface area contributed by atoms with Crippen molar-refractivity contribution >= 4 is 10.9 Å². The van der Waals surface area contributed by atoms with Crippen molar-refractivity contribution in [1.82, 2.24) is 4.98 Å². The molecule has 1 heterocycles. The first-order valence-electron chi connectivity index (χ1n) is 6.05. The van der Waals surface area contributed by atoms with Crippen LogP contribution in [0.1, 0.15) is 36.6 Å². The molecule has 0 N–H and O–H groups in total. The number of benzene rings is 1. The fraction of sp³-hybridized carbons (Fsp3) is 0.333. The summed E-state index contributed by atoms with van der Waals surface area (Å²) in [5.41, 5.74) is 3.90. The summed E-state index contributed by atoms with van der Waals surface area (Å²) in [4.78, 5) is 4.31. The maximum Gasteiger partial charge on any atom is 0.141 e. The number of nitriles is 1. The van der Waals surface area contributed by atoms with Crippen LogP contribution in [0.5, 0.6) is 0 Å². The zero-order chi connectivity index (χ0) is 12.3. The Morgan fingerprint density at radius 3 is 2.82 bits per heavy atom. The lowest BCUT2D eigenvalue weighted by Gasteiger charge is -2.05. The van der Waals surface area contributed by atoms with Crippen molar-refractivity contribution in [3.63, 3.8) is 0 Å². The van der Waals surface area contributed by atoms with E-state index in [0.29, 0.717) is 5.69 Å². The summed E-state index contributed by atoms with van der Waals surface area (Å²) in [5.74, 6) is 0. The van der Waals surface area contributed by atoms with Crippen molar-refractivity contribution < 1.29 is 0 Å². The summed E-state index contributed by atoms with van der Waals surface area (Å²) in [5, 5.41) is 10.0. The highest BCUT2D eigenvalue weighted by Gasteiger charge is 2.03. The minimum atomic E-state index is 0.497. The van der Waals surface area contributed by atoms with Gasteiger partial charge in [-0.25, -0.2) is 4.98 Å². The van der Waals surface area contributed by atoms with Gasteiger partial charge in [0.1, 0.15) is 11.8 Å². The fourth-order valence-corrected chi connectivity index (χ4v) is 2.04. The Bertz CT molecular complexity index is 579. The van der Waals surface area contributed by atoms with Gasteiger partial charge in [-0.1, -0.05) is 19.4 Å². The lowest BCUT2D eigenvalue weighted by molar-refractivity contribution is 0.796. The van der Waals surface area contributed by atoms with Crippen LogP contribution in [0.15, 0.2) is 24.3 Å². The Hall–Kier alpha value is -1.88. The number of nitrogens with zero attached hydrogens (tertiary/aromatic N) is 2. The summed E-state index contributed by atoms with van der Waals surface area (Å²) in [6, 6.07) is 10.3. The number of aryl methyl sites for hydroxylation is 2. The largest absolute Gasteiger partial charge is 0.237 e. The molecule has 2 nitrogen and oxygen atoms in total. The molecule has 0 atom stereocenters. The molecule has 1 aromatic heterocycles. The molecular formula is C15H16N2. The average Bonchev–Trinajstić information content (AvgIpc) is 2.36. The van der Waals surface area contributed by atoms with Crippen LogP contribution in [0.2, 0.25) is 0 Å². The van der Waals surface area contributed by atoms with Gasteiger partial charge in [-0.15, -0.1) is 0 Å². The molecule has 1 aromatic carbocycles. The van der Waals surface area contributed by atoms with E-state index in [4.69, 9.17) is 5.26 Å². The van der Waals surface area contributed by atoms with Gasteiger partial charge in [-0.3, -0.25) is 0 Å². The predicted molar refractivity (Wildman–Crippen MR) is 69.8 cm³/mol. The second-order valence-corrected chi connectivity index (χ2v) is 4.39. The number of hydrogen-bond acceptors (Lipinski definition) is 2. The van der Waals surface area contributed by atoms with Crippen LogP contribution >= 0.6 is 0 Å². The molecule has 0 spiro atoms. The Kier molecular flexibility index (Phi) is 3.39. The highest BCUT2D eigenvalue weighted by molar-refractivity contribution is 5.83. The van der Waals surface area contributed by atoms with Gasteiger partial charge in [0.25, 0.3) is 0 Å². The molecule has 0 unspecified atom stereocenters. The van der Waals surface area contributed by atoms with E-state index in [-0.39, 0.29) is 0 Å². The van der Waals surface area contributed by atoms with Crippen LogP contribution in [0.25, 0.3) is 10.9 Å². The molecule has 2 aromatic rings. The Labute approximate surface area is 102 Å². The first-order chi connectivity index (χ1) is 8.24. The Balaban J connectivity index is 2.48. The molecular weight excluding hydrogens is 208 g/mol. The predicted octanol–water partition coefficient (Wildman–Crippen LogP) is 3.76. The van der Waals surface area contributed by atoms with Crippen LogP contribution in [0.3, 0.4) is 0 Å². The second-order valence-electron chi connectivity index (χ2n) is 4.39. The van der Waals surface area contributed by atoms with Crippen molar-refractivity contribution in [1.29, 1.82) is 5.26 Å². The van der Waals surface area contributed by atoms with Crippen LogP contribution in [0, 0.1) is 18.3 Å². The molecule has 0 aliphatic rings. The lowest BCUT2D eigenvalue weighted by Crippen LogP contribution is -1.91. The maximum atomic E-state index is 8.88. The standard InChI is InChI=1S/C15H16N2/c1-3-4-5-12-6-7-15-14(9-12)11(2)8-13(10-16)17-15/h6-9H,3-5H2,1-2H3. The van der Waals surface area contributed by atoms with Gasteiger partial charge in [0.05, 0.1) is 5.52 Å². The van der Waals surface area contributed by atoms with Gasteiger partial charge in [0.2, 0.25) is 0 Å². The number of unbranched alkanes of at least 4 members (excludes halogenated alkanes) is 1. The van der Waals surface area contributed by atoms with E-state index in [2.05, 4.69) is 30.1 Å². The third-order valence-corrected chi connectivity index (χ3v) is 3.01. The Morgan fingerprint density at radius 2 is 2.12 bits per heavy atom. The summed E-state index contributed by atoms with van der Waals surface area (Å²) in [7, 11) is 0. The quantitative estimate of drug-likeness (QED) is 0.796. The van der Waals surface area contributed by atoms with Crippen LogP contribution < -0.4 is 0 Å². The Morgan fingerprint density at radius 1 is 1.29 bits per heavy atom. The van der Waals surface area contributed by atoms with Gasteiger partial charge in [0.15, 0.2) is 0 Å². The smallest absolute Gasteiger partial charge is 0.141 e. The molecule has 0 aliphatic carbocycles. The number of pyridine rings is 1. The minimum absolute atomic E-state index is 0.497. The second kappa shape index (κ2) is 4.97. The van der Waals surface area contributed by atoms with Gasteiger partial charge in [0, 0.05) is 5.39 Å². The summed E-state index contributed by atoms with van der Waals surface area (Å²) in [6.45, 7) is 4.24. The zero-order valence-electron chi connectivity index (χ0n) is 10.3. The van der Waals surface area contributed by atoms with Crippen molar-refractivity contribution in [3.8, 4) is 6.07 Å². The van der Waals surface area contributed by atoms with E-state index in [1.54, 1.807) is 0 Å². The minimum Gasteiger partial charge on any atom is -0.237 e. The summed E-state index contributed by atoms with van der Waals surface area (Å²) < 4.78 is 0.